The molecule has 0 aromatic carbocycles. The molecule has 0 N–H and O–H groups in total. The topological polar surface area (TPSA) is 17.1 Å². The molecule has 1 saturated carbocycles. The molecule has 1 nitrogen and oxygen atoms in total. The maximum absolute atomic E-state index is 12.1. The molecule has 0 aromatic heterocycles. The Labute approximate surface area is 109 Å². The number of ketones is 1. The van der Waals surface area contributed by atoms with Crippen LogP contribution in [0.15, 0.2) is 11.6 Å². The summed E-state index contributed by atoms with van der Waals surface area (Å²) in [5, 5.41) is 0.763. The van der Waals surface area contributed by atoms with Crippen LogP contribution in [0, 0.1) is 0 Å². The van der Waals surface area contributed by atoms with Crippen LogP contribution in [-0.4, -0.2) is 16.8 Å². The van der Waals surface area contributed by atoms with Gasteiger partial charge in [-0.2, -0.15) is 11.8 Å². The molecule has 2 heteroatoms. The molecule has 1 fully saturated rings. The lowest BCUT2D eigenvalue weighted by Gasteiger charge is -2.20. The highest BCUT2D eigenvalue weighted by Gasteiger charge is 2.17. The molecule has 0 heterocycles. The summed E-state index contributed by atoms with van der Waals surface area (Å²) >= 11 is 1.92. The van der Waals surface area contributed by atoms with Crippen molar-refractivity contribution < 1.29 is 4.79 Å². The highest BCUT2D eigenvalue weighted by molar-refractivity contribution is 8.00. The lowest BCUT2D eigenvalue weighted by molar-refractivity contribution is -0.113. The molecule has 0 atom stereocenters. The zero-order chi connectivity index (χ0) is 11.9. The molecule has 0 aliphatic heterocycles. The molecule has 2 aliphatic rings. The van der Waals surface area contributed by atoms with Gasteiger partial charge in [0.05, 0.1) is 5.75 Å². The smallest absolute Gasteiger partial charge is 0.168 e. The zero-order valence-electron chi connectivity index (χ0n) is 10.7. The minimum absolute atomic E-state index is 0.419. The fraction of sp³-hybridized carbons (Fsp3) is 0.800. The number of hydrogen-bond acceptors (Lipinski definition) is 2. The average Bonchev–Trinajstić information content (AvgIpc) is 2.66. The van der Waals surface area contributed by atoms with E-state index in [0.29, 0.717) is 5.78 Å². The third-order valence-electron chi connectivity index (χ3n) is 3.90. The largest absolute Gasteiger partial charge is 0.294 e. The Hall–Kier alpha value is -0.240. The summed E-state index contributed by atoms with van der Waals surface area (Å²) in [4.78, 5) is 12.1. The second-order valence-electron chi connectivity index (χ2n) is 5.32. The van der Waals surface area contributed by atoms with Crippen LogP contribution < -0.4 is 0 Å². The van der Waals surface area contributed by atoms with Crippen molar-refractivity contribution in [1.29, 1.82) is 0 Å². The fourth-order valence-corrected chi connectivity index (χ4v) is 4.03. The van der Waals surface area contributed by atoms with E-state index in [1.807, 2.05) is 11.8 Å². The number of rotatable bonds is 4. The van der Waals surface area contributed by atoms with Crippen molar-refractivity contribution >= 4 is 17.5 Å². The van der Waals surface area contributed by atoms with Crippen molar-refractivity contribution in [2.75, 3.05) is 5.75 Å². The molecular weight excluding hydrogens is 228 g/mol. The molecule has 0 spiro atoms. The zero-order valence-corrected chi connectivity index (χ0v) is 11.6. The van der Waals surface area contributed by atoms with Crippen molar-refractivity contribution in [3.8, 4) is 0 Å². The lowest BCUT2D eigenvalue weighted by Crippen LogP contribution is -2.13. The quantitative estimate of drug-likeness (QED) is 0.732. The van der Waals surface area contributed by atoms with Crippen molar-refractivity contribution in [2.24, 2.45) is 0 Å². The minimum Gasteiger partial charge on any atom is -0.294 e. The van der Waals surface area contributed by atoms with Gasteiger partial charge in [-0.05, 0) is 44.1 Å². The Bertz CT molecular complexity index is 277. The Morgan fingerprint density at radius 2 is 1.88 bits per heavy atom. The second-order valence-corrected chi connectivity index (χ2v) is 6.61. The van der Waals surface area contributed by atoms with Crippen molar-refractivity contribution in [2.45, 2.75) is 69.5 Å². The van der Waals surface area contributed by atoms with Gasteiger partial charge in [0.2, 0.25) is 0 Å². The van der Waals surface area contributed by atoms with Gasteiger partial charge < -0.3 is 0 Å². The summed E-state index contributed by atoms with van der Waals surface area (Å²) in [6.45, 7) is 0. The first kappa shape index (κ1) is 13.2. The molecule has 2 rings (SSSR count). The van der Waals surface area contributed by atoms with Crippen molar-refractivity contribution in [1.82, 2.24) is 0 Å². The summed E-state index contributed by atoms with van der Waals surface area (Å²) in [7, 11) is 0. The van der Waals surface area contributed by atoms with E-state index < -0.39 is 0 Å². The standard InChI is InChI=1S/C15H24OS/c16-15(13-8-4-1-2-5-9-13)12-17-14-10-6-3-7-11-14/h8,14H,1-7,9-12H2. The van der Waals surface area contributed by atoms with E-state index in [1.165, 1.54) is 51.4 Å². The predicted octanol–water partition coefficient (Wildman–Crippen LogP) is 4.51. The highest BCUT2D eigenvalue weighted by Crippen LogP contribution is 2.29. The lowest BCUT2D eigenvalue weighted by atomic mass is 10.0. The van der Waals surface area contributed by atoms with E-state index >= 15 is 0 Å². The average molecular weight is 252 g/mol. The molecule has 96 valence electrons. The van der Waals surface area contributed by atoms with Crippen LogP contribution in [0.25, 0.3) is 0 Å². The van der Waals surface area contributed by atoms with Gasteiger partial charge in [0, 0.05) is 5.25 Å². The highest BCUT2D eigenvalue weighted by atomic mass is 32.2. The SMILES string of the molecule is O=C(CSC1CCCCC1)C1=CCCCCC1. The number of carbonyl (C=O) groups is 1. The summed E-state index contributed by atoms with van der Waals surface area (Å²) in [5.41, 5.74) is 1.13. The Morgan fingerprint density at radius 1 is 1.12 bits per heavy atom. The van der Waals surface area contributed by atoms with Gasteiger partial charge in [0.15, 0.2) is 5.78 Å². The van der Waals surface area contributed by atoms with Gasteiger partial charge in [0.25, 0.3) is 0 Å². The summed E-state index contributed by atoms with van der Waals surface area (Å²) < 4.78 is 0. The number of carbonyl (C=O) groups excluding carboxylic acids is 1. The molecule has 17 heavy (non-hydrogen) atoms. The van der Waals surface area contributed by atoms with Crippen LogP contribution >= 0.6 is 11.8 Å². The molecule has 0 saturated heterocycles. The third-order valence-corrected chi connectivity index (χ3v) is 5.27. The van der Waals surface area contributed by atoms with E-state index in [-0.39, 0.29) is 0 Å². The first-order valence-electron chi connectivity index (χ1n) is 7.20. The van der Waals surface area contributed by atoms with Crippen LogP contribution in [0.3, 0.4) is 0 Å². The van der Waals surface area contributed by atoms with Crippen LogP contribution in [0.4, 0.5) is 0 Å². The molecule has 0 radical (unpaired) electrons. The van der Waals surface area contributed by atoms with E-state index in [0.717, 1.165) is 29.4 Å². The van der Waals surface area contributed by atoms with Gasteiger partial charge in [-0.3, -0.25) is 4.79 Å². The van der Waals surface area contributed by atoms with E-state index in [1.54, 1.807) is 0 Å². The van der Waals surface area contributed by atoms with Gasteiger partial charge in [-0.15, -0.1) is 0 Å². The van der Waals surface area contributed by atoms with Crippen LogP contribution in [0.2, 0.25) is 0 Å². The number of hydrogen-bond donors (Lipinski definition) is 0. The van der Waals surface area contributed by atoms with E-state index in [2.05, 4.69) is 6.08 Å². The summed E-state index contributed by atoms with van der Waals surface area (Å²) in [6.07, 6.45) is 14.9. The van der Waals surface area contributed by atoms with Crippen LogP contribution in [0.5, 0.6) is 0 Å². The molecular formula is C15H24OS. The van der Waals surface area contributed by atoms with Crippen LogP contribution in [0.1, 0.15) is 64.2 Å². The van der Waals surface area contributed by atoms with E-state index in [9.17, 15) is 4.79 Å². The maximum Gasteiger partial charge on any atom is 0.168 e. The Balaban J connectivity index is 1.73. The minimum atomic E-state index is 0.419. The predicted molar refractivity (Wildman–Crippen MR) is 75.5 cm³/mol. The number of thioether (sulfide) groups is 1. The van der Waals surface area contributed by atoms with E-state index in [4.69, 9.17) is 0 Å². The maximum atomic E-state index is 12.1. The number of allylic oxidation sites excluding steroid dienone is 2. The molecule has 0 amide bonds. The molecule has 0 bridgehead atoms. The normalized spacial score (nSPS) is 22.9. The summed E-state index contributed by atoms with van der Waals surface area (Å²) in [5.74, 6) is 1.15. The first-order valence-corrected chi connectivity index (χ1v) is 8.25. The van der Waals surface area contributed by atoms with Crippen molar-refractivity contribution in [3.63, 3.8) is 0 Å². The second kappa shape index (κ2) is 7.25. The summed E-state index contributed by atoms with van der Waals surface area (Å²) in [6, 6.07) is 0. The molecule has 0 unspecified atom stereocenters. The van der Waals surface area contributed by atoms with Crippen molar-refractivity contribution in [3.05, 3.63) is 11.6 Å². The van der Waals surface area contributed by atoms with Gasteiger partial charge >= 0.3 is 0 Å². The van der Waals surface area contributed by atoms with Gasteiger partial charge in [-0.1, -0.05) is 31.8 Å². The first-order chi connectivity index (χ1) is 8.36. The molecule has 2 aliphatic carbocycles. The Morgan fingerprint density at radius 3 is 2.71 bits per heavy atom. The third kappa shape index (κ3) is 4.50. The monoisotopic (exact) mass is 252 g/mol. The number of Topliss-reactive ketones (excluding diaryl/α,β-unsaturated/α-hetero) is 1. The Kier molecular flexibility index (Phi) is 5.63. The van der Waals surface area contributed by atoms with Gasteiger partial charge in [0.1, 0.15) is 0 Å². The molecule has 0 aromatic rings. The fourth-order valence-electron chi connectivity index (χ4n) is 2.79. The van der Waals surface area contributed by atoms with Crippen LogP contribution in [-0.2, 0) is 4.79 Å². The van der Waals surface area contributed by atoms with Gasteiger partial charge in [-0.25, -0.2) is 0 Å².